The normalized spacial score (nSPS) is 40.9. The van der Waals surface area contributed by atoms with E-state index in [1.165, 1.54) is 10.5 Å². The highest BCUT2D eigenvalue weighted by Crippen LogP contribution is 2.74. The molecule has 0 radical (unpaired) electrons. The SMILES string of the molecule is CC(C)C1=C[C@@]23CC[C@@H]4[C@](C)(CCC[C@@]4(C)C(=O)O)[C@@H]2C[C@@H]1[C@H]1C(=O)N(c2cccc4ccccc24)C(=O)[C@H]13. The maximum absolute atomic E-state index is 14.6. The Labute approximate surface area is 230 Å². The molecule has 0 unspecified atom stereocenters. The topological polar surface area (TPSA) is 74.7 Å². The number of nitrogens with zero attached hydrogens (tertiary/aromatic N) is 1. The van der Waals surface area contributed by atoms with Crippen molar-refractivity contribution in [1.29, 1.82) is 0 Å². The van der Waals surface area contributed by atoms with Crippen LogP contribution in [0.4, 0.5) is 5.69 Å². The average molecular weight is 526 g/mol. The summed E-state index contributed by atoms with van der Waals surface area (Å²) in [5.74, 6) is -0.828. The van der Waals surface area contributed by atoms with Crippen LogP contribution >= 0.6 is 0 Å². The van der Waals surface area contributed by atoms with E-state index in [2.05, 4.69) is 26.8 Å². The van der Waals surface area contributed by atoms with E-state index in [-0.39, 0.29) is 46.8 Å². The summed E-state index contributed by atoms with van der Waals surface area (Å²) in [5.41, 5.74) is 0.744. The van der Waals surface area contributed by atoms with E-state index in [1.807, 2.05) is 49.4 Å². The second-order valence-electron chi connectivity index (χ2n) is 14.0. The molecular weight excluding hydrogens is 486 g/mol. The van der Waals surface area contributed by atoms with Crippen molar-refractivity contribution in [2.45, 2.75) is 66.2 Å². The van der Waals surface area contributed by atoms with E-state index in [9.17, 15) is 19.5 Å². The average Bonchev–Trinajstić information content (AvgIpc) is 3.19. The quantitative estimate of drug-likeness (QED) is 0.351. The molecule has 2 amide bonds. The van der Waals surface area contributed by atoms with Crippen molar-refractivity contribution in [3.8, 4) is 0 Å². The zero-order valence-electron chi connectivity index (χ0n) is 23.4. The first-order valence-electron chi connectivity index (χ1n) is 14.9. The summed E-state index contributed by atoms with van der Waals surface area (Å²) in [6.45, 7) is 8.71. The molecule has 5 aliphatic carbocycles. The third-order valence-corrected chi connectivity index (χ3v) is 12.2. The van der Waals surface area contributed by atoms with Crippen molar-refractivity contribution in [2.75, 3.05) is 4.90 Å². The summed E-state index contributed by atoms with van der Waals surface area (Å²) in [7, 11) is 0. The number of imide groups is 1. The molecule has 5 heteroatoms. The van der Waals surface area contributed by atoms with E-state index >= 15 is 0 Å². The number of amides is 2. The van der Waals surface area contributed by atoms with Crippen LogP contribution in [0.2, 0.25) is 0 Å². The number of carbonyl (C=O) groups is 3. The molecule has 3 saturated carbocycles. The lowest BCUT2D eigenvalue weighted by Gasteiger charge is -2.68. The van der Waals surface area contributed by atoms with Crippen molar-refractivity contribution < 1.29 is 19.5 Å². The fraction of sp³-hybridized carbons (Fsp3) is 0.559. The lowest BCUT2D eigenvalue weighted by molar-refractivity contribution is -0.194. The summed E-state index contributed by atoms with van der Waals surface area (Å²) in [6.07, 6.45) is 7.53. The Hall–Kier alpha value is -2.95. The van der Waals surface area contributed by atoms with Crippen LogP contribution in [0.1, 0.15) is 66.2 Å². The van der Waals surface area contributed by atoms with Gasteiger partial charge in [-0.1, -0.05) is 75.2 Å². The van der Waals surface area contributed by atoms with Crippen molar-refractivity contribution >= 4 is 34.2 Å². The van der Waals surface area contributed by atoms with Gasteiger partial charge in [-0.15, -0.1) is 0 Å². The lowest BCUT2D eigenvalue weighted by atomic mass is 9.34. The Balaban J connectivity index is 1.38. The standard InChI is InChI=1S/C34H39NO4/c1-19(2)23-18-34-16-13-25-32(3,14-8-15-33(25,4)31(38)39)26(34)17-22(23)27-28(34)30(37)35(29(27)36)24-12-7-10-20-9-5-6-11-21(20)24/h5-7,9-12,18-19,22,25-28H,8,13-17H2,1-4H3,(H,38,39)/t22-,25+,26-,27+,28-,32-,33+,34-/m0/s1. The summed E-state index contributed by atoms with van der Waals surface area (Å²) >= 11 is 0. The van der Waals surface area contributed by atoms with E-state index in [4.69, 9.17) is 0 Å². The molecule has 0 aromatic heterocycles. The lowest BCUT2D eigenvalue weighted by Crippen LogP contribution is -2.65. The van der Waals surface area contributed by atoms with Gasteiger partial charge < -0.3 is 5.11 Å². The minimum Gasteiger partial charge on any atom is -0.481 e. The molecule has 39 heavy (non-hydrogen) atoms. The Morgan fingerprint density at radius 3 is 2.46 bits per heavy atom. The Bertz CT molecular complexity index is 1450. The zero-order valence-corrected chi connectivity index (χ0v) is 23.4. The second kappa shape index (κ2) is 8.05. The molecule has 6 aliphatic rings. The molecule has 204 valence electrons. The van der Waals surface area contributed by atoms with Crippen LogP contribution in [0.3, 0.4) is 0 Å². The predicted molar refractivity (Wildman–Crippen MR) is 151 cm³/mol. The van der Waals surface area contributed by atoms with Gasteiger partial charge in [0.1, 0.15) is 0 Å². The molecule has 1 heterocycles. The number of anilines is 1. The van der Waals surface area contributed by atoms with Gasteiger partial charge in [-0.05, 0) is 79.6 Å². The summed E-state index contributed by atoms with van der Waals surface area (Å²) in [6, 6.07) is 13.9. The first kappa shape index (κ1) is 25.0. The first-order chi connectivity index (χ1) is 18.5. The monoisotopic (exact) mass is 525 g/mol. The number of aliphatic carboxylic acids is 1. The second-order valence-corrected chi connectivity index (χ2v) is 14.0. The Morgan fingerprint density at radius 1 is 0.974 bits per heavy atom. The Morgan fingerprint density at radius 2 is 1.72 bits per heavy atom. The van der Waals surface area contributed by atoms with Gasteiger partial charge in [-0.25, -0.2) is 4.90 Å². The summed E-state index contributed by atoms with van der Waals surface area (Å²) in [5, 5.41) is 12.3. The van der Waals surface area contributed by atoms with Crippen LogP contribution < -0.4 is 4.90 Å². The van der Waals surface area contributed by atoms with Gasteiger partial charge >= 0.3 is 5.97 Å². The molecular formula is C34H39NO4. The molecule has 2 bridgehead atoms. The number of benzene rings is 2. The molecule has 1 saturated heterocycles. The highest BCUT2D eigenvalue weighted by atomic mass is 16.4. The Kier molecular flexibility index (Phi) is 5.17. The van der Waals surface area contributed by atoms with E-state index < -0.39 is 16.8 Å². The van der Waals surface area contributed by atoms with Crippen molar-refractivity contribution in [3.63, 3.8) is 0 Å². The fourth-order valence-electron chi connectivity index (χ4n) is 10.6. The van der Waals surface area contributed by atoms with Gasteiger partial charge in [0, 0.05) is 10.8 Å². The fourth-order valence-corrected chi connectivity index (χ4v) is 10.6. The minimum absolute atomic E-state index is 0.0342. The molecule has 5 nitrogen and oxygen atoms in total. The van der Waals surface area contributed by atoms with Crippen molar-refractivity contribution in [3.05, 3.63) is 54.1 Å². The molecule has 8 atom stereocenters. The molecule has 2 aromatic carbocycles. The van der Waals surface area contributed by atoms with Crippen molar-refractivity contribution in [2.24, 2.45) is 51.8 Å². The number of carbonyl (C=O) groups excluding carboxylic acids is 2. The summed E-state index contributed by atoms with van der Waals surface area (Å²) in [4.78, 5) is 43.1. The molecule has 4 fully saturated rings. The third kappa shape index (κ3) is 3.00. The maximum Gasteiger partial charge on any atom is 0.309 e. The number of allylic oxidation sites excluding steroid dienone is 2. The molecule has 1 spiro atoms. The minimum atomic E-state index is -0.736. The maximum atomic E-state index is 14.6. The number of carboxylic acids is 1. The third-order valence-electron chi connectivity index (χ3n) is 12.2. The number of hydrogen-bond donors (Lipinski definition) is 1. The van der Waals surface area contributed by atoms with Crippen LogP contribution in [0.15, 0.2) is 54.1 Å². The highest BCUT2D eigenvalue weighted by molar-refractivity contribution is 6.25. The zero-order chi connectivity index (χ0) is 27.5. The molecule has 1 aliphatic heterocycles. The van der Waals surface area contributed by atoms with Gasteiger partial charge in [0.05, 0.1) is 22.9 Å². The number of carboxylic acid groups (broad SMARTS) is 1. The van der Waals surface area contributed by atoms with Gasteiger partial charge in [0.15, 0.2) is 0 Å². The highest BCUT2D eigenvalue weighted by Gasteiger charge is 2.73. The van der Waals surface area contributed by atoms with Crippen molar-refractivity contribution in [1.82, 2.24) is 0 Å². The number of rotatable bonds is 3. The largest absolute Gasteiger partial charge is 0.481 e. The van der Waals surface area contributed by atoms with Crippen LogP contribution in [-0.2, 0) is 14.4 Å². The number of hydrogen-bond acceptors (Lipinski definition) is 3. The smallest absolute Gasteiger partial charge is 0.309 e. The molecule has 8 rings (SSSR count). The molecule has 2 aromatic rings. The number of fused-ring (bicyclic) bond motifs is 2. The van der Waals surface area contributed by atoms with Gasteiger partial charge in [0.2, 0.25) is 11.8 Å². The van der Waals surface area contributed by atoms with E-state index in [0.29, 0.717) is 11.6 Å². The predicted octanol–water partition coefficient (Wildman–Crippen LogP) is 6.86. The van der Waals surface area contributed by atoms with E-state index in [0.717, 1.165) is 49.3 Å². The van der Waals surface area contributed by atoms with Crippen LogP contribution in [0.25, 0.3) is 10.8 Å². The van der Waals surface area contributed by atoms with Crippen LogP contribution in [-0.4, -0.2) is 22.9 Å². The van der Waals surface area contributed by atoms with Crippen LogP contribution in [0, 0.1) is 51.8 Å². The van der Waals surface area contributed by atoms with Gasteiger partial charge in [-0.2, -0.15) is 0 Å². The first-order valence-corrected chi connectivity index (χ1v) is 14.9. The van der Waals surface area contributed by atoms with Gasteiger partial charge in [-0.3, -0.25) is 14.4 Å². The van der Waals surface area contributed by atoms with E-state index in [1.54, 1.807) is 0 Å². The van der Waals surface area contributed by atoms with Crippen LogP contribution in [0.5, 0.6) is 0 Å². The molecule has 1 N–H and O–H groups in total. The summed E-state index contributed by atoms with van der Waals surface area (Å²) < 4.78 is 0. The van der Waals surface area contributed by atoms with Gasteiger partial charge in [0.25, 0.3) is 0 Å².